The topological polar surface area (TPSA) is 24.9 Å². The van der Waals surface area contributed by atoms with Gasteiger partial charge in [0.1, 0.15) is 5.82 Å². The second-order valence-electron chi connectivity index (χ2n) is 4.74. The molecular formula is C14H14ClFN2S. The fraction of sp³-hybridized carbons (Fsp3) is 0.357. The molecule has 0 aliphatic carbocycles. The Hall–Kier alpha value is -0.970. The van der Waals surface area contributed by atoms with Crippen LogP contribution >= 0.6 is 22.9 Å². The first-order valence-corrected chi connectivity index (χ1v) is 7.61. The SMILES string of the molecule is Fc1ccc(-c2csc(C3CCCNC3)n2)c(Cl)c1. The van der Waals surface area contributed by atoms with Gasteiger partial charge in [0.05, 0.1) is 15.7 Å². The number of rotatable bonds is 2. The smallest absolute Gasteiger partial charge is 0.124 e. The first kappa shape index (κ1) is 13.0. The van der Waals surface area contributed by atoms with Crippen LogP contribution in [0.3, 0.4) is 0 Å². The molecule has 1 N–H and O–H groups in total. The number of benzene rings is 1. The molecule has 0 amide bonds. The number of aromatic nitrogens is 1. The largest absolute Gasteiger partial charge is 0.316 e. The van der Waals surface area contributed by atoms with E-state index < -0.39 is 0 Å². The van der Waals surface area contributed by atoms with Gasteiger partial charge in [0.15, 0.2) is 0 Å². The van der Waals surface area contributed by atoms with Crippen molar-refractivity contribution >= 4 is 22.9 Å². The number of hydrogen-bond acceptors (Lipinski definition) is 3. The summed E-state index contributed by atoms with van der Waals surface area (Å²) < 4.78 is 13.0. The second-order valence-corrected chi connectivity index (χ2v) is 6.04. The molecule has 2 aromatic rings. The maximum Gasteiger partial charge on any atom is 0.124 e. The Bertz CT molecular complexity index is 579. The fourth-order valence-corrected chi connectivity index (χ4v) is 3.58. The van der Waals surface area contributed by atoms with Gasteiger partial charge in [0.25, 0.3) is 0 Å². The van der Waals surface area contributed by atoms with Crippen LogP contribution in [0.15, 0.2) is 23.6 Å². The summed E-state index contributed by atoms with van der Waals surface area (Å²) in [7, 11) is 0. The summed E-state index contributed by atoms with van der Waals surface area (Å²) in [5, 5.41) is 6.95. The molecule has 5 heteroatoms. The van der Waals surface area contributed by atoms with Crippen LogP contribution in [-0.2, 0) is 0 Å². The van der Waals surface area contributed by atoms with Gasteiger partial charge in [-0.3, -0.25) is 0 Å². The number of nitrogens with one attached hydrogen (secondary N) is 1. The zero-order chi connectivity index (χ0) is 13.2. The molecule has 3 rings (SSSR count). The number of hydrogen-bond donors (Lipinski definition) is 1. The van der Waals surface area contributed by atoms with Crippen molar-refractivity contribution in [2.45, 2.75) is 18.8 Å². The molecular weight excluding hydrogens is 283 g/mol. The van der Waals surface area contributed by atoms with E-state index >= 15 is 0 Å². The third-order valence-electron chi connectivity index (χ3n) is 3.38. The van der Waals surface area contributed by atoms with E-state index in [0.717, 1.165) is 29.4 Å². The van der Waals surface area contributed by atoms with Crippen LogP contribution in [0.2, 0.25) is 5.02 Å². The Morgan fingerprint density at radius 1 is 1.42 bits per heavy atom. The van der Waals surface area contributed by atoms with Gasteiger partial charge < -0.3 is 5.32 Å². The lowest BCUT2D eigenvalue weighted by atomic mass is 10.0. The normalized spacial score (nSPS) is 19.6. The Kier molecular flexibility index (Phi) is 3.82. The van der Waals surface area contributed by atoms with Gasteiger partial charge in [-0.25, -0.2) is 9.37 Å². The summed E-state index contributed by atoms with van der Waals surface area (Å²) in [6.07, 6.45) is 2.37. The van der Waals surface area contributed by atoms with E-state index in [0.29, 0.717) is 10.9 Å². The highest BCUT2D eigenvalue weighted by Crippen LogP contribution is 2.33. The van der Waals surface area contributed by atoms with E-state index in [1.165, 1.54) is 25.0 Å². The molecule has 1 saturated heterocycles. The molecule has 1 fully saturated rings. The van der Waals surface area contributed by atoms with E-state index in [9.17, 15) is 4.39 Å². The zero-order valence-corrected chi connectivity index (χ0v) is 11.9. The van der Waals surface area contributed by atoms with Gasteiger partial charge in [0, 0.05) is 23.4 Å². The number of halogens is 2. The van der Waals surface area contributed by atoms with E-state index in [4.69, 9.17) is 11.6 Å². The fourth-order valence-electron chi connectivity index (χ4n) is 2.36. The summed E-state index contributed by atoms with van der Waals surface area (Å²) in [4.78, 5) is 4.67. The van der Waals surface area contributed by atoms with Crippen LogP contribution in [0.1, 0.15) is 23.8 Å². The highest BCUT2D eigenvalue weighted by molar-refractivity contribution is 7.10. The molecule has 0 saturated carbocycles. The zero-order valence-electron chi connectivity index (χ0n) is 10.3. The van der Waals surface area contributed by atoms with Crippen molar-refractivity contribution < 1.29 is 4.39 Å². The van der Waals surface area contributed by atoms with Crippen LogP contribution < -0.4 is 5.32 Å². The minimum atomic E-state index is -0.319. The maximum absolute atomic E-state index is 13.0. The molecule has 1 atom stereocenters. The van der Waals surface area contributed by atoms with Crippen molar-refractivity contribution in [2.24, 2.45) is 0 Å². The predicted molar refractivity (Wildman–Crippen MR) is 77.4 cm³/mol. The number of thiazole rings is 1. The van der Waals surface area contributed by atoms with Gasteiger partial charge in [0.2, 0.25) is 0 Å². The van der Waals surface area contributed by atoms with Crippen LogP contribution in [0.25, 0.3) is 11.3 Å². The lowest BCUT2D eigenvalue weighted by Crippen LogP contribution is -2.28. The molecule has 2 nitrogen and oxygen atoms in total. The molecule has 19 heavy (non-hydrogen) atoms. The van der Waals surface area contributed by atoms with E-state index in [1.807, 2.05) is 5.38 Å². The van der Waals surface area contributed by atoms with E-state index in [1.54, 1.807) is 17.4 Å². The standard InChI is InChI=1S/C14H14ClFN2S/c15-12-6-10(16)3-4-11(12)13-8-19-14(18-13)9-2-1-5-17-7-9/h3-4,6,8-9,17H,1-2,5,7H2. The van der Waals surface area contributed by atoms with Crippen LogP contribution in [0.4, 0.5) is 4.39 Å². The third-order valence-corrected chi connectivity index (χ3v) is 4.70. The van der Waals surface area contributed by atoms with Crippen LogP contribution in [0.5, 0.6) is 0 Å². The molecule has 2 heterocycles. The summed E-state index contributed by atoms with van der Waals surface area (Å²) >= 11 is 7.73. The van der Waals surface area contributed by atoms with Crippen molar-refractivity contribution in [1.82, 2.24) is 10.3 Å². The number of nitrogens with zero attached hydrogens (tertiary/aromatic N) is 1. The minimum Gasteiger partial charge on any atom is -0.316 e. The van der Waals surface area contributed by atoms with Crippen LogP contribution in [-0.4, -0.2) is 18.1 Å². The average molecular weight is 297 g/mol. The molecule has 1 aliphatic rings. The molecule has 100 valence electrons. The molecule has 0 radical (unpaired) electrons. The highest BCUT2D eigenvalue weighted by atomic mass is 35.5. The lowest BCUT2D eigenvalue weighted by Gasteiger charge is -2.20. The Balaban J connectivity index is 1.87. The predicted octanol–water partition coefficient (Wildman–Crippen LogP) is 4.07. The highest BCUT2D eigenvalue weighted by Gasteiger charge is 2.19. The summed E-state index contributed by atoms with van der Waals surface area (Å²) in [6.45, 7) is 2.09. The van der Waals surface area contributed by atoms with Gasteiger partial charge in [-0.2, -0.15) is 0 Å². The van der Waals surface area contributed by atoms with Crippen molar-refractivity contribution in [3.8, 4) is 11.3 Å². The second kappa shape index (κ2) is 5.57. The molecule has 1 aromatic heterocycles. The molecule has 1 aliphatic heterocycles. The average Bonchev–Trinajstić information content (AvgIpc) is 2.89. The monoisotopic (exact) mass is 296 g/mol. The summed E-state index contributed by atoms with van der Waals surface area (Å²) in [5.74, 6) is 0.174. The third kappa shape index (κ3) is 2.81. The van der Waals surface area contributed by atoms with Gasteiger partial charge in [-0.05, 0) is 37.6 Å². The molecule has 1 aromatic carbocycles. The van der Waals surface area contributed by atoms with Gasteiger partial charge in [-0.15, -0.1) is 11.3 Å². The van der Waals surface area contributed by atoms with Crippen molar-refractivity contribution in [3.63, 3.8) is 0 Å². The first-order valence-electron chi connectivity index (χ1n) is 6.35. The number of piperidine rings is 1. The van der Waals surface area contributed by atoms with Crippen molar-refractivity contribution in [2.75, 3.05) is 13.1 Å². The first-order chi connectivity index (χ1) is 9.24. The quantitative estimate of drug-likeness (QED) is 0.903. The van der Waals surface area contributed by atoms with Gasteiger partial charge in [-0.1, -0.05) is 11.6 Å². The Labute approximate surface area is 120 Å². The van der Waals surface area contributed by atoms with Gasteiger partial charge >= 0.3 is 0 Å². The van der Waals surface area contributed by atoms with Crippen molar-refractivity contribution in [1.29, 1.82) is 0 Å². The lowest BCUT2D eigenvalue weighted by molar-refractivity contribution is 0.460. The van der Waals surface area contributed by atoms with Crippen molar-refractivity contribution in [3.05, 3.63) is 39.4 Å². The minimum absolute atomic E-state index is 0.319. The Morgan fingerprint density at radius 3 is 3.05 bits per heavy atom. The van der Waals surface area contributed by atoms with E-state index in [-0.39, 0.29) is 5.82 Å². The summed E-state index contributed by atoms with van der Waals surface area (Å²) in [5.41, 5.74) is 1.64. The molecule has 0 spiro atoms. The summed E-state index contributed by atoms with van der Waals surface area (Å²) in [6, 6.07) is 4.44. The Morgan fingerprint density at radius 2 is 2.32 bits per heavy atom. The maximum atomic E-state index is 13.0. The molecule has 0 bridgehead atoms. The molecule has 1 unspecified atom stereocenters. The van der Waals surface area contributed by atoms with Crippen LogP contribution in [0, 0.1) is 5.82 Å². The van der Waals surface area contributed by atoms with E-state index in [2.05, 4.69) is 10.3 Å².